The highest BCUT2D eigenvalue weighted by atomic mass is 16.2. The molecule has 2 aromatic carbocycles. The van der Waals surface area contributed by atoms with Crippen LogP contribution < -0.4 is 20.9 Å². The van der Waals surface area contributed by atoms with E-state index in [2.05, 4.69) is 16.0 Å². The van der Waals surface area contributed by atoms with Gasteiger partial charge in [0, 0.05) is 38.1 Å². The predicted octanol–water partition coefficient (Wildman–Crippen LogP) is 4.58. The summed E-state index contributed by atoms with van der Waals surface area (Å²) in [7, 11) is 3.93. The second-order valence-corrected chi connectivity index (χ2v) is 8.04. The van der Waals surface area contributed by atoms with Crippen LogP contribution in [-0.2, 0) is 6.54 Å². The molecule has 7 nitrogen and oxygen atoms in total. The molecule has 3 N–H and O–H groups in total. The second kappa shape index (κ2) is 11.2. The predicted molar refractivity (Wildman–Crippen MR) is 128 cm³/mol. The highest BCUT2D eigenvalue weighted by molar-refractivity contribution is 5.89. The lowest BCUT2D eigenvalue weighted by atomic mass is 10.0. The molecule has 0 saturated carbocycles. The summed E-state index contributed by atoms with van der Waals surface area (Å²) in [5.74, 6) is 0. The Hall–Kier alpha value is -3.22. The summed E-state index contributed by atoms with van der Waals surface area (Å²) in [5, 5.41) is 8.61. The third-order valence-electron chi connectivity index (χ3n) is 4.92. The van der Waals surface area contributed by atoms with Crippen LogP contribution in [-0.4, -0.2) is 43.6 Å². The van der Waals surface area contributed by atoms with E-state index in [0.29, 0.717) is 18.8 Å². The largest absolute Gasteiger partial charge is 0.377 e. The van der Waals surface area contributed by atoms with E-state index in [4.69, 9.17) is 0 Å². The van der Waals surface area contributed by atoms with Crippen molar-refractivity contribution in [2.45, 2.75) is 46.3 Å². The number of nitrogens with zero attached hydrogens (tertiary/aromatic N) is 2. The number of hydrogen-bond donors (Lipinski definition) is 3. The minimum atomic E-state index is -0.252. The third-order valence-corrected chi connectivity index (χ3v) is 4.92. The Labute approximate surface area is 185 Å². The monoisotopic (exact) mass is 425 g/mol. The van der Waals surface area contributed by atoms with Gasteiger partial charge in [-0.1, -0.05) is 30.3 Å². The van der Waals surface area contributed by atoms with Crippen molar-refractivity contribution in [3.63, 3.8) is 0 Å². The number of carbonyl (C=O) groups is 2. The standard InChI is InChI=1S/C24H35N5O2/c1-7-25-23(30)27-21-13-14-22(28(5)6)20(15-21)16-29(24(31)26-17(2)3)18(4)19-11-9-8-10-12-19/h8-15,17-18H,7,16H2,1-6H3,(H,26,31)(H2,25,27,30). The molecule has 0 bridgehead atoms. The molecule has 2 aromatic rings. The highest BCUT2D eigenvalue weighted by Crippen LogP contribution is 2.28. The van der Waals surface area contributed by atoms with E-state index in [1.807, 2.05) is 100 Å². The highest BCUT2D eigenvalue weighted by Gasteiger charge is 2.24. The van der Waals surface area contributed by atoms with E-state index >= 15 is 0 Å². The zero-order valence-electron chi connectivity index (χ0n) is 19.4. The van der Waals surface area contributed by atoms with E-state index in [9.17, 15) is 9.59 Å². The summed E-state index contributed by atoms with van der Waals surface area (Å²) in [6.45, 7) is 8.74. The Bertz CT molecular complexity index is 868. The van der Waals surface area contributed by atoms with Crippen LogP contribution in [0, 0.1) is 0 Å². The van der Waals surface area contributed by atoms with Crippen molar-refractivity contribution in [1.82, 2.24) is 15.5 Å². The number of nitrogens with one attached hydrogen (secondary N) is 3. The molecule has 4 amide bonds. The molecule has 0 saturated heterocycles. The summed E-state index contributed by atoms with van der Waals surface area (Å²) in [5.41, 5.74) is 3.68. The molecule has 0 aliphatic carbocycles. The first-order valence-corrected chi connectivity index (χ1v) is 10.7. The molecule has 0 aliphatic heterocycles. The first-order chi connectivity index (χ1) is 14.7. The number of anilines is 2. The Kier molecular flexibility index (Phi) is 8.73. The summed E-state index contributed by atoms with van der Waals surface area (Å²) in [4.78, 5) is 28.9. The average Bonchev–Trinajstić information content (AvgIpc) is 2.71. The van der Waals surface area contributed by atoms with Gasteiger partial charge in [-0.15, -0.1) is 0 Å². The molecule has 1 atom stereocenters. The van der Waals surface area contributed by atoms with Gasteiger partial charge >= 0.3 is 12.1 Å². The van der Waals surface area contributed by atoms with E-state index < -0.39 is 0 Å². The van der Waals surface area contributed by atoms with Crippen LogP contribution in [0.5, 0.6) is 0 Å². The molecule has 2 rings (SSSR count). The van der Waals surface area contributed by atoms with Crippen LogP contribution in [0.1, 0.15) is 44.9 Å². The topological polar surface area (TPSA) is 76.7 Å². The number of urea groups is 2. The van der Waals surface area contributed by atoms with Gasteiger partial charge in [0.2, 0.25) is 0 Å². The molecule has 0 aliphatic rings. The second-order valence-electron chi connectivity index (χ2n) is 8.04. The fourth-order valence-electron chi connectivity index (χ4n) is 3.37. The van der Waals surface area contributed by atoms with Gasteiger partial charge < -0.3 is 25.8 Å². The van der Waals surface area contributed by atoms with Crippen LogP contribution >= 0.6 is 0 Å². The lowest BCUT2D eigenvalue weighted by Gasteiger charge is -2.32. The maximum atomic E-state index is 13.1. The van der Waals surface area contributed by atoms with Gasteiger partial charge in [-0.3, -0.25) is 0 Å². The summed E-state index contributed by atoms with van der Waals surface area (Å²) < 4.78 is 0. The van der Waals surface area contributed by atoms with Crippen LogP contribution in [0.3, 0.4) is 0 Å². The summed E-state index contributed by atoms with van der Waals surface area (Å²) >= 11 is 0. The summed E-state index contributed by atoms with van der Waals surface area (Å²) in [6, 6.07) is 15.3. The minimum Gasteiger partial charge on any atom is -0.377 e. The average molecular weight is 426 g/mol. The Morgan fingerprint density at radius 2 is 1.68 bits per heavy atom. The third kappa shape index (κ3) is 6.91. The SMILES string of the molecule is CCNC(=O)Nc1ccc(N(C)C)c(CN(C(=O)NC(C)C)C(C)c2ccccc2)c1. The number of amides is 4. The first-order valence-electron chi connectivity index (χ1n) is 10.7. The Balaban J connectivity index is 2.40. The number of rotatable bonds is 8. The molecule has 1 unspecified atom stereocenters. The lowest BCUT2D eigenvalue weighted by molar-refractivity contribution is 0.173. The van der Waals surface area contributed by atoms with Crippen molar-refractivity contribution in [3.05, 3.63) is 59.7 Å². The Morgan fingerprint density at radius 3 is 2.26 bits per heavy atom. The van der Waals surface area contributed by atoms with Crippen LogP contribution in [0.15, 0.2) is 48.5 Å². The molecule has 0 heterocycles. The maximum absolute atomic E-state index is 13.1. The molecule has 7 heteroatoms. The van der Waals surface area contributed by atoms with Crippen molar-refractivity contribution < 1.29 is 9.59 Å². The van der Waals surface area contributed by atoms with E-state index in [-0.39, 0.29) is 24.1 Å². The zero-order chi connectivity index (χ0) is 23.0. The number of benzene rings is 2. The maximum Gasteiger partial charge on any atom is 0.319 e. The van der Waals surface area contributed by atoms with Gasteiger partial charge in [0.25, 0.3) is 0 Å². The van der Waals surface area contributed by atoms with Crippen molar-refractivity contribution in [2.75, 3.05) is 30.9 Å². The fraction of sp³-hybridized carbons (Fsp3) is 0.417. The minimum absolute atomic E-state index is 0.0250. The smallest absolute Gasteiger partial charge is 0.319 e. The summed E-state index contributed by atoms with van der Waals surface area (Å²) in [6.07, 6.45) is 0. The first kappa shape index (κ1) is 24.1. The van der Waals surface area contributed by atoms with Crippen molar-refractivity contribution in [1.29, 1.82) is 0 Å². The fourth-order valence-corrected chi connectivity index (χ4v) is 3.37. The van der Waals surface area contributed by atoms with Gasteiger partial charge in [-0.25, -0.2) is 9.59 Å². The quantitative estimate of drug-likeness (QED) is 0.580. The normalized spacial score (nSPS) is 11.6. The van der Waals surface area contributed by atoms with E-state index in [0.717, 1.165) is 16.8 Å². The van der Waals surface area contributed by atoms with Crippen molar-refractivity contribution >= 4 is 23.4 Å². The molecular formula is C24H35N5O2. The lowest BCUT2D eigenvalue weighted by Crippen LogP contribution is -2.44. The molecule has 0 aromatic heterocycles. The molecular weight excluding hydrogens is 390 g/mol. The van der Waals surface area contributed by atoms with Crippen LogP contribution in [0.4, 0.5) is 21.0 Å². The van der Waals surface area contributed by atoms with Gasteiger partial charge in [-0.2, -0.15) is 0 Å². The van der Waals surface area contributed by atoms with Gasteiger partial charge in [-0.05, 0) is 57.0 Å². The number of hydrogen-bond acceptors (Lipinski definition) is 3. The van der Waals surface area contributed by atoms with E-state index in [1.165, 1.54) is 0 Å². The van der Waals surface area contributed by atoms with Crippen LogP contribution in [0.2, 0.25) is 0 Å². The molecule has 168 valence electrons. The van der Waals surface area contributed by atoms with E-state index in [1.54, 1.807) is 0 Å². The molecule has 0 fully saturated rings. The van der Waals surface area contributed by atoms with Crippen molar-refractivity contribution in [3.8, 4) is 0 Å². The van der Waals surface area contributed by atoms with Crippen molar-refractivity contribution in [2.24, 2.45) is 0 Å². The van der Waals surface area contributed by atoms with Crippen LogP contribution in [0.25, 0.3) is 0 Å². The molecule has 0 spiro atoms. The number of carbonyl (C=O) groups excluding carboxylic acids is 2. The molecule has 31 heavy (non-hydrogen) atoms. The Morgan fingerprint density at radius 1 is 1.00 bits per heavy atom. The van der Waals surface area contributed by atoms with Gasteiger partial charge in [0.1, 0.15) is 0 Å². The zero-order valence-corrected chi connectivity index (χ0v) is 19.4. The molecule has 0 radical (unpaired) electrons. The van der Waals surface area contributed by atoms with Gasteiger partial charge in [0.15, 0.2) is 0 Å². The van der Waals surface area contributed by atoms with Gasteiger partial charge in [0.05, 0.1) is 12.6 Å².